The lowest BCUT2D eigenvalue weighted by Gasteiger charge is -2.07. The lowest BCUT2D eigenvalue weighted by molar-refractivity contribution is 0.102. The molecule has 0 radical (unpaired) electrons. The summed E-state index contributed by atoms with van der Waals surface area (Å²) in [6.45, 7) is 0. The number of ether oxygens (including phenoxy) is 1. The van der Waals surface area contributed by atoms with Crippen molar-refractivity contribution < 1.29 is 9.53 Å². The highest BCUT2D eigenvalue weighted by molar-refractivity contribution is 7.13. The Morgan fingerprint density at radius 3 is 2.73 bits per heavy atom. The number of nitrogens with one attached hydrogen (secondary N) is 1. The molecule has 0 saturated heterocycles. The Kier molecular flexibility index (Phi) is 4.16. The van der Waals surface area contributed by atoms with Crippen LogP contribution >= 0.6 is 11.3 Å². The molecule has 1 aromatic heterocycles. The summed E-state index contributed by atoms with van der Waals surface area (Å²) in [5.74, 6) is 0.465. The number of amides is 1. The van der Waals surface area contributed by atoms with Crippen molar-refractivity contribution in [2.24, 2.45) is 0 Å². The van der Waals surface area contributed by atoms with Gasteiger partial charge in [0.1, 0.15) is 11.4 Å². The van der Waals surface area contributed by atoms with Crippen LogP contribution in [0.5, 0.6) is 5.75 Å². The molecular weight excluding hydrogens is 296 g/mol. The normalized spacial score (nSPS) is 10.2. The first-order chi connectivity index (χ1) is 10.8. The number of rotatable bonds is 4. The Hall–Kier alpha value is -2.66. The van der Waals surface area contributed by atoms with Crippen molar-refractivity contribution in [1.29, 1.82) is 0 Å². The second kappa shape index (κ2) is 6.41. The van der Waals surface area contributed by atoms with E-state index in [1.165, 1.54) is 11.3 Å². The van der Waals surface area contributed by atoms with Crippen molar-refractivity contribution >= 4 is 22.9 Å². The van der Waals surface area contributed by atoms with Gasteiger partial charge in [0.2, 0.25) is 0 Å². The van der Waals surface area contributed by atoms with Gasteiger partial charge in [-0.15, -0.1) is 11.3 Å². The molecule has 3 aromatic rings. The number of benzene rings is 2. The van der Waals surface area contributed by atoms with Crippen LogP contribution in [0.1, 0.15) is 10.5 Å². The van der Waals surface area contributed by atoms with Gasteiger partial charge in [0.25, 0.3) is 5.91 Å². The van der Waals surface area contributed by atoms with E-state index in [4.69, 9.17) is 4.74 Å². The molecule has 5 heteroatoms. The van der Waals surface area contributed by atoms with Gasteiger partial charge < -0.3 is 10.1 Å². The smallest absolute Gasteiger partial charge is 0.275 e. The molecule has 0 bridgehead atoms. The zero-order valence-corrected chi connectivity index (χ0v) is 12.8. The Bertz CT molecular complexity index is 784. The first kappa shape index (κ1) is 14.3. The maximum atomic E-state index is 12.5. The molecule has 0 fully saturated rings. The quantitative estimate of drug-likeness (QED) is 0.790. The average molecular weight is 310 g/mol. The van der Waals surface area contributed by atoms with Crippen LogP contribution in [0, 0.1) is 0 Å². The van der Waals surface area contributed by atoms with E-state index in [9.17, 15) is 4.79 Å². The molecule has 0 aliphatic carbocycles. The van der Waals surface area contributed by atoms with Crippen molar-refractivity contribution in [3.05, 3.63) is 65.8 Å². The van der Waals surface area contributed by atoms with E-state index in [0.717, 1.165) is 10.4 Å². The maximum absolute atomic E-state index is 12.5. The van der Waals surface area contributed by atoms with Gasteiger partial charge in [0.05, 0.1) is 17.5 Å². The molecule has 1 heterocycles. The molecule has 0 aliphatic heterocycles. The van der Waals surface area contributed by atoms with E-state index < -0.39 is 0 Å². The highest BCUT2D eigenvalue weighted by Crippen LogP contribution is 2.28. The minimum Gasteiger partial charge on any atom is -0.497 e. The summed E-state index contributed by atoms with van der Waals surface area (Å²) < 4.78 is 5.16. The number of hydrogen-bond acceptors (Lipinski definition) is 4. The standard InChI is InChI=1S/C17H14N2O2S/c1-21-14-9-5-8-13(10-14)19-17(20)15-16(22-11-18-15)12-6-3-2-4-7-12/h2-11H,1H3,(H,19,20). The fourth-order valence-corrected chi connectivity index (χ4v) is 2.89. The van der Waals surface area contributed by atoms with E-state index in [-0.39, 0.29) is 5.91 Å². The SMILES string of the molecule is COc1cccc(NC(=O)c2ncsc2-c2ccccc2)c1. The molecule has 1 N–H and O–H groups in total. The number of anilines is 1. The largest absolute Gasteiger partial charge is 0.497 e. The molecule has 0 saturated carbocycles. The van der Waals surface area contributed by atoms with Gasteiger partial charge >= 0.3 is 0 Å². The Labute approximate surface area is 132 Å². The first-order valence-electron chi connectivity index (χ1n) is 6.72. The van der Waals surface area contributed by atoms with E-state index in [0.29, 0.717) is 17.1 Å². The average Bonchev–Trinajstić information content (AvgIpc) is 3.05. The van der Waals surface area contributed by atoms with E-state index in [1.807, 2.05) is 48.5 Å². The first-order valence-corrected chi connectivity index (χ1v) is 7.60. The van der Waals surface area contributed by atoms with E-state index in [1.54, 1.807) is 18.7 Å². The van der Waals surface area contributed by atoms with Crippen LogP contribution in [0.3, 0.4) is 0 Å². The van der Waals surface area contributed by atoms with Gasteiger partial charge in [-0.05, 0) is 17.7 Å². The minimum atomic E-state index is -0.228. The second-order valence-electron chi connectivity index (χ2n) is 4.58. The summed E-state index contributed by atoms with van der Waals surface area (Å²) in [7, 11) is 1.59. The van der Waals surface area contributed by atoms with Crippen LogP contribution in [0.25, 0.3) is 10.4 Å². The van der Waals surface area contributed by atoms with Crippen molar-refractivity contribution in [3.63, 3.8) is 0 Å². The Morgan fingerprint density at radius 1 is 1.14 bits per heavy atom. The van der Waals surface area contributed by atoms with Crippen LogP contribution in [-0.2, 0) is 0 Å². The predicted octanol–water partition coefficient (Wildman–Crippen LogP) is 4.07. The summed E-state index contributed by atoms with van der Waals surface area (Å²) in [5, 5.41) is 2.85. The third kappa shape index (κ3) is 2.99. The van der Waals surface area contributed by atoms with Crippen molar-refractivity contribution in [3.8, 4) is 16.2 Å². The Balaban J connectivity index is 1.86. The fraction of sp³-hybridized carbons (Fsp3) is 0.0588. The van der Waals surface area contributed by atoms with Crippen molar-refractivity contribution in [2.75, 3.05) is 12.4 Å². The third-order valence-electron chi connectivity index (χ3n) is 3.15. The summed E-state index contributed by atoms with van der Waals surface area (Å²) in [5.41, 5.74) is 3.78. The fourth-order valence-electron chi connectivity index (χ4n) is 2.09. The highest BCUT2D eigenvalue weighted by atomic mass is 32.1. The minimum absolute atomic E-state index is 0.228. The summed E-state index contributed by atoms with van der Waals surface area (Å²) in [6.07, 6.45) is 0. The molecule has 0 spiro atoms. The molecule has 2 aromatic carbocycles. The molecule has 3 rings (SSSR count). The van der Waals surface area contributed by atoms with Gasteiger partial charge in [-0.2, -0.15) is 0 Å². The van der Waals surface area contributed by atoms with Crippen molar-refractivity contribution in [2.45, 2.75) is 0 Å². The number of thiazole rings is 1. The van der Waals surface area contributed by atoms with Crippen LogP contribution in [0.15, 0.2) is 60.1 Å². The van der Waals surface area contributed by atoms with Gasteiger partial charge in [-0.3, -0.25) is 4.79 Å². The number of aromatic nitrogens is 1. The number of nitrogens with zero attached hydrogens (tertiary/aromatic N) is 1. The molecular formula is C17H14N2O2S. The summed E-state index contributed by atoms with van der Waals surface area (Å²) in [4.78, 5) is 17.5. The van der Waals surface area contributed by atoms with Crippen LogP contribution in [0.4, 0.5) is 5.69 Å². The lowest BCUT2D eigenvalue weighted by Crippen LogP contribution is -2.13. The van der Waals surface area contributed by atoms with Gasteiger partial charge in [-0.25, -0.2) is 4.98 Å². The molecule has 4 nitrogen and oxygen atoms in total. The lowest BCUT2D eigenvalue weighted by atomic mass is 10.1. The van der Waals surface area contributed by atoms with Gasteiger partial charge in [0.15, 0.2) is 0 Å². The van der Waals surface area contributed by atoms with Crippen LogP contribution < -0.4 is 10.1 Å². The summed E-state index contributed by atoms with van der Waals surface area (Å²) >= 11 is 1.45. The van der Waals surface area contributed by atoms with Crippen molar-refractivity contribution in [1.82, 2.24) is 4.98 Å². The van der Waals surface area contributed by atoms with Gasteiger partial charge in [0, 0.05) is 11.8 Å². The molecule has 22 heavy (non-hydrogen) atoms. The molecule has 0 unspecified atom stereocenters. The van der Waals surface area contributed by atoms with Crippen LogP contribution in [-0.4, -0.2) is 18.0 Å². The topological polar surface area (TPSA) is 51.2 Å². The number of hydrogen-bond donors (Lipinski definition) is 1. The zero-order valence-electron chi connectivity index (χ0n) is 11.9. The van der Waals surface area contributed by atoms with E-state index in [2.05, 4.69) is 10.3 Å². The highest BCUT2D eigenvalue weighted by Gasteiger charge is 2.16. The second-order valence-corrected chi connectivity index (χ2v) is 5.44. The zero-order chi connectivity index (χ0) is 15.4. The molecule has 0 atom stereocenters. The van der Waals surface area contributed by atoms with Gasteiger partial charge in [-0.1, -0.05) is 36.4 Å². The predicted molar refractivity (Wildman–Crippen MR) is 88.5 cm³/mol. The number of carbonyl (C=O) groups is 1. The molecule has 1 amide bonds. The Morgan fingerprint density at radius 2 is 1.95 bits per heavy atom. The third-order valence-corrected chi connectivity index (χ3v) is 4.02. The number of methoxy groups -OCH3 is 1. The molecule has 110 valence electrons. The van der Waals surface area contributed by atoms with E-state index >= 15 is 0 Å². The monoisotopic (exact) mass is 310 g/mol. The summed E-state index contributed by atoms with van der Waals surface area (Å²) in [6, 6.07) is 17.0. The maximum Gasteiger partial charge on any atom is 0.275 e. The molecule has 0 aliphatic rings. The number of carbonyl (C=O) groups excluding carboxylic acids is 1. The van der Waals surface area contributed by atoms with Crippen LogP contribution in [0.2, 0.25) is 0 Å².